The zero-order valence-corrected chi connectivity index (χ0v) is 19.6. The third-order valence-electron chi connectivity index (χ3n) is 6.21. The minimum atomic E-state index is -2.97. The molecule has 2 fully saturated rings. The van der Waals surface area contributed by atoms with Crippen LogP contribution in [0.2, 0.25) is 0 Å². The lowest BCUT2D eigenvalue weighted by Crippen LogP contribution is -2.50. The number of benzene rings is 1. The van der Waals surface area contributed by atoms with Gasteiger partial charge in [-0.2, -0.15) is 5.10 Å². The number of sulfone groups is 1. The molecule has 174 valence electrons. The molecule has 0 bridgehead atoms. The fourth-order valence-electron chi connectivity index (χ4n) is 4.52. The number of hydrogen-bond acceptors (Lipinski definition) is 7. The number of carbonyl (C=O) groups excluding carboxylic acids is 1. The van der Waals surface area contributed by atoms with E-state index in [1.807, 2.05) is 23.4 Å². The molecule has 2 aliphatic rings. The Morgan fingerprint density at radius 2 is 1.75 bits per heavy atom. The Balaban J connectivity index is 1.34. The first kappa shape index (κ1) is 22.4. The van der Waals surface area contributed by atoms with E-state index in [2.05, 4.69) is 10.00 Å². The van der Waals surface area contributed by atoms with Crippen LogP contribution in [0, 0.1) is 13.8 Å². The highest BCUT2D eigenvalue weighted by Gasteiger charge is 2.33. The van der Waals surface area contributed by atoms with Gasteiger partial charge in [0.2, 0.25) is 0 Å². The van der Waals surface area contributed by atoms with Crippen LogP contribution in [0.4, 0.5) is 5.69 Å². The van der Waals surface area contributed by atoms with Crippen molar-refractivity contribution in [3.8, 4) is 11.5 Å². The van der Waals surface area contributed by atoms with Crippen molar-refractivity contribution in [3.63, 3.8) is 0 Å². The maximum Gasteiger partial charge on any atom is 0.260 e. The van der Waals surface area contributed by atoms with Crippen molar-refractivity contribution in [2.45, 2.75) is 26.3 Å². The Labute approximate surface area is 188 Å². The van der Waals surface area contributed by atoms with Crippen molar-refractivity contribution < 1.29 is 22.7 Å². The summed E-state index contributed by atoms with van der Waals surface area (Å²) >= 11 is 0. The van der Waals surface area contributed by atoms with Crippen molar-refractivity contribution in [1.82, 2.24) is 14.7 Å². The first-order chi connectivity index (χ1) is 15.3. The fraction of sp³-hybridized carbons (Fsp3) is 0.545. The maximum absolute atomic E-state index is 12.6. The SMILES string of the molecule is COc1ccc(OCC(=O)N2CCN(c3c(C)nn(C4CCS(=O)(=O)C4)c3C)CC2)cc1. The summed E-state index contributed by atoms with van der Waals surface area (Å²) in [6.07, 6.45) is 0.611. The largest absolute Gasteiger partial charge is 0.497 e. The molecule has 0 aliphatic carbocycles. The molecular formula is C22H30N4O5S. The van der Waals surface area contributed by atoms with E-state index in [1.54, 1.807) is 31.4 Å². The van der Waals surface area contributed by atoms with E-state index >= 15 is 0 Å². The summed E-state index contributed by atoms with van der Waals surface area (Å²) in [7, 11) is -1.37. The zero-order valence-electron chi connectivity index (χ0n) is 18.8. The molecule has 1 atom stereocenters. The van der Waals surface area contributed by atoms with Gasteiger partial charge in [-0.1, -0.05) is 0 Å². The molecule has 32 heavy (non-hydrogen) atoms. The van der Waals surface area contributed by atoms with E-state index in [0.717, 1.165) is 22.8 Å². The minimum Gasteiger partial charge on any atom is -0.497 e. The van der Waals surface area contributed by atoms with E-state index in [-0.39, 0.29) is 30.1 Å². The number of piperazine rings is 1. The second kappa shape index (κ2) is 9.01. The van der Waals surface area contributed by atoms with Gasteiger partial charge in [-0.15, -0.1) is 0 Å². The quantitative estimate of drug-likeness (QED) is 0.644. The predicted octanol–water partition coefficient (Wildman–Crippen LogP) is 1.60. The van der Waals surface area contributed by atoms with Gasteiger partial charge in [0.1, 0.15) is 11.5 Å². The molecule has 10 heteroatoms. The molecule has 1 unspecified atom stereocenters. The van der Waals surface area contributed by atoms with Crippen LogP contribution in [-0.4, -0.2) is 80.4 Å². The van der Waals surface area contributed by atoms with Crippen LogP contribution in [0.1, 0.15) is 23.9 Å². The van der Waals surface area contributed by atoms with Crippen LogP contribution >= 0.6 is 0 Å². The predicted molar refractivity (Wildman–Crippen MR) is 121 cm³/mol. The summed E-state index contributed by atoms with van der Waals surface area (Å²) in [4.78, 5) is 16.7. The van der Waals surface area contributed by atoms with Crippen LogP contribution in [-0.2, 0) is 14.6 Å². The Hall–Kier alpha value is -2.75. The molecular weight excluding hydrogens is 432 g/mol. The molecule has 0 spiro atoms. The summed E-state index contributed by atoms with van der Waals surface area (Å²) in [6, 6.07) is 7.06. The molecule has 0 N–H and O–H groups in total. The number of rotatable bonds is 6. The first-order valence-electron chi connectivity index (χ1n) is 10.8. The standard InChI is InChI=1S/C22H30N4O5S/c1-16-22(17(2)26(23-16)18-8-13-32(28,29)15-18)25-11-9-24(10-12-25)21(27)14-31-20-6-4-19(30-3)5-7-20/h4-7,18H,8-15H2,1-3H3. The molecule has 2 saturated heterocycles. The zero-order chi connectivity index (χ0) is 22.9. The highest BCUT2D eigenvalue weighted by atomic mass is 32.2. The molecule has 1 aromatic carbocycles. The van der Waals surface area contributed by atoms with Crippen LogP contribution in [0.25, 0.3) is 0 Å². The Morgan fingerprint density at radius 1 is 1.09 bits per heavy atom. The van der Waals surface area contributed by atoms with E-state index < -0.39 is 9.84 Å². The summed E-state index contributed by atoms with van der Waals surface area (Å²) in [5, 5.41) is 4.66. The summed E-state index contributed by atoms with van der Waals surface area (Å²) in [5.41, 5.74) is 2.94. The lowest BCUT2D eigenvalue weighted by molar-refractivity contribution is -0.133. The monoisotopic (exact) mass is 462 g/mol. The first-order valence-corrected chi connectivity index (χ1v) is 12.7. The lowest BCUT2D eigenvalue weighted by Gasteiger charge is -2.36. The summed E-state index contributed by atoms with van der Waals surface area (Å²) in [6.45, 7) is 6.57. The molecule has 9 nitrogen and oxygen atoms in total. The van der Waals surface area contributed by atoms with E-state index in [0.29, 0.717) is 38.3 Å². The van der Waals surface area contributed by atoms with Crippen molar-refractivity contribution in [2.24, 2.45) is 0 Å². The molecule has 0 radical (unpaired) electrons. The molecule has 1 aromatic heterocycles. The number of methoxy groups -OCH3 is 1. The maximum atomic E-state index is 12.6. The van der Waals surface area contributed by atoms with Gasteiger partial charge in [-0.3, -0.25) is 9.48 Å². The van der Waals surface area contributed by atoms with Gasteiger partial charge in [0.05, 0.1) is 41.7 Å². The number of aryl methyl sites for hydroxylation is 1. The van der Waals surface area contributed by atoms with Gasteiger partial charge in [0, 0.05) is 26.2 Å². The van der Waals surface area contributed by atoms with Gasteiger partial charge >= 0.3 is 0 Å². The highest BCUT2D eigenvalue weighted by Crippen LogP contribution is 2.31. The van der Waals surface area contributed by atoms with Crippen molar-refractivity contribution in [2.75, 3.05) is 56.3 Å². The van der Waals surface area contributed by atoms with Crippen LogP contribution < -0.4 is 14.4 Å². The minimum absolute atomic E-state index is 0.00152. The van der Waals surface area contributed by atoms with Gasteiger partial charge in [-0.25, -0.2) is 8.42 Å². The van der Waals surface area contributed by atoms with Gasteiger partial charge < -0.3 is 19.3 Å². The van der Waals surface area contributed by atoms with Gasteiger partial charge in [0.25, 0.3) is 5.91 Å². The van der Waals surface area contributed by atoms with Crippen molar-refractivity contribution in [3.05, 3.63) is 35.7 Å². The third-order valence-corrected chi connectivity index (χ3v) is 7.96. The topological polar surface area (TPSA) is 94.0 Å². The van der Waals surface area contributed by atoms with Crippen LogP contribution in [0.15, 0.2) is 24.3 Å². The molecule has 2 aromatic rings. The molecule has 4 rings (SSSR count). The second-order valence-electron chi connectivity index (χ2n) is 8.35. The number of aromatic nitrogens is 2. The molecule has 0 saturated carbocycles. The number of hydrogen-bond donors (Lipinski definition) is 0. The van der Waals surface area contributed by atoms with Crippen LogP contribution in [0.3, 0.4) is 0 Å². The Kier molecular flexibility index (Phi) is 6.32. The second-order valence-corrected chi connectivity index (χ2v) is 10.6. The number of ether oxygens (including phenoxy) is 2. The summed E-state index contributed by atoms with van der Waals surface area (Å²) in [5.74, 6) is 1.71. The van der Waals surface area contributed by atoms with E-state index in [4.69, 9.17) is 9.47 Å². The number of carbonyl (C=O) groups is 1. The average molecular weight is 463 g/mol. The normalized spacial score (nSPS) is 20.4. The highest BCUT2D eigenvalue weighted by molar-refractivity contribution is 7.91. The van der Waals surface area contributed by atoms with E-state index in [9.17, 15) is 13.2 Å². The van der Waals surface area contributed by atoms with E-state index in [1.165, 1.54) is 0 Å². The number of amides is 1. The van der Waals surface area contributed by atoms with Gasteiger partial charge in [0.15, 0.2) is 16.4 Å². The Bertz CT molecular complexity index is 1070. The van der Waals surface area contributed by atoms with Crippen molar-refractivity contribution >= 4 is 21.4 Å². The third kappa shape index (κ3) is 4.69. The lowest BCUT2D eigenvalue weighted by atomic mass is 10.2. The average Bonchev–Trinajstić information content (AvgIpc) is 3.30. The van der Waals surface area contributed by atoms with Gasteiger partial charge in [-0.05, 0) is 44.5 Å². The summed E-state index contributed by atoms with van der Waals surface area (Å²) < 4.78 is 36.4. The molecule has 3 heterocycles. The molecule has 2 aliphatic heterocycles. The smallest absolute Gasteiger partial charge is 0.260 e. The van der Waals surface area contributed by atoms with Crippen LogP contribution in [0.5, 0.6) is 11.5 Å². The molecule has 1 amide bonds. The number of anilines is 1. The fourth-order valence-corrected chi connectivity index (χ4v) is 6.22. The number of nitrogens with zero attached hydrogens (tertiary/aromatic N) is 4. The Morgan fingerprint density at radius 3 is 2.34 bits per heavy atom. The van der Waals surface area contributed by atoms with Crippen molar-refractivity contribution in [1.29, 1.82) is 0 Å².